The molecule has 37 heavy (non-hydrogen) atoms. The number of anilines is 1. The van der Waals surface area contributed by atoms with E-state index in [9.17, 15) is 4.79 Å². The Morgan fingerprint density at radius 2 is 1.81 bits per heavy atom. The minimum Gasteiger partial charge on any atom is -0.457 e. The van der Waals surface area contributed by atoms with Gasteiger partial charge in [-0.15, -0.1) is 0 Å². The maximum atomic E-state index is 12.5. The van der Waals surface area contributed by atoms with E-state index in [1.54, 1.807) is 6.08 Å². The summed E-state index contributed by atoms with van der Waals surface area (Å²) in [5, 5.41) is 11.4. The van der Waals surface area contributed by atoms with Crippen molar-refractivity contribution in [2.24, 2.45) is 0 Å². The van der Waals surface area contributed by atoms with Crippen molar-refractivity contribution < 1.29 is 14.3 Å². The zero-order valence-electron chi connectivity index (χ0n) is 20.8. The first-order chi connectivity index (χ1) is 18.0. The lowest BCUT2D eigenvalue weighted by atomic mass is 10.2. The van der Waals surface area contributed by atoms with Crippen LogP contribution in [-0.2, 0) is 4.79 Å². The van der Waals surface area contributed by atoms with Crippen molar-refractivity contribution in [3.8, 4) is 23.1 Å². The number of fused-ring (bicyclic) bond motifs is 1. The summed E-state index contributed by atoms with van der Waals surface area (Å²) in [6.45, 7) is 2.00. The Hall–Kier alpha value is -4.44. The Kier molecular flexibility index (Phi) is 7.27. The summed E-state index contributed by atoms with van der Waals surface area (Å²) in [5.41, 5.74) is 0.564. The number of hydrogen-bond donors (Lipinski definition) is 2. The first-order valence-corrected chi connectivity index (χ1v) is 12.1. The number of H-pyrrole nitrogens is 1. The number of aromatic amines is 1. The standard InChI is InChI=1S/C27H29N7O3/c1-33(2)15-6-9-23(35)34-16-14-19(17-34)30-26-24-25(31-32-26)28-18-29-27(24)37-22-12-10-21(11-13-22)36-20-7-4-3-5-8-20/h3-13,18-19H,14-17H2,1-2H3,(H2,28,29,30,31,32)/b9-6+/t19-/m1/s1. The van der Waals surface area contributed by atoms with Crippen molar-refractivity contribution in [3.63, 3.8) is 0 Å². The molecule has 3 heterocycles. The third kappa shape index (κ3) is 6.04. The molecule has 2 aromatic heterocycles. The number of ether oxygens (including phenoxy) is 2. The van der Waals surface area contributed by atoms with Gasteiger partial charge in [0.2, 0.25) is 11.8 Å². The van der Waals surface area contributed by atoms with E-state index in [4.69, 9.17) is 9.47 Å². The first kappa shape index (κ1) is 24.3. The number of likely N-dealkylation sites (tertiary alicyclic amines) is 1. The van der Waals surface area contributed by atoms with Crippen LogP contribution in [0.15, 0.2) is 73.1 Å². The third-order valence-electron chi connectivity index (χ3n) is 5.91. The number of rotatable bonds is 9. The fraction of sp³-hybridized carbons (Fsp3) is 0.259. The van der Waals surface area contributed by atoms with Gasteiger partial charge >= 0.3 is 0 Å². The quantitative estimate of drug-likeness (QED) is 0.332. The van der Waals surface area contributed by atoms with E-state index in [0.717, 1.165) is 18.7 Å². The first-order valence-electron chi connectivity index (χ1n) is 12.1. The van der Waals surface area contributed by atoms with E-state index in [2.05, 4.69) is 25.5 Å². The molecule has 2 aromatic carbocycles. The van der Waals surface area contributed by atoms with Gasteiger partial charge in [-0.2, -0.15) is 5.10 Å². The Labute approximate surface area is 214 Å². The second kappa shape index (κ2) is 11.1. The Balaban J connectivity index is 1.25. The van der Waals surface area contributed by atoms with Crippen molar-refractivity contribution in [3.05, 3.63) is 73.1 Å². The predicted octanol–water partition coefficient (Wildman–Crippen LogP) is 4.07. The lowest BCUT2D eigenvalue weighted by Crippen LogP contribution is -2.30. The van der Waals surface area contributed by atoms with Crippen molar-refractivity contribution in [1.82, 2.24) is 30.0 Å². The Morgan fingerprint density at radius 1 is 1.08 bits per heavy atom. The molecule has 4 aromatic rings. The van der Waals surface area contributed by atoms with Gasteiger partial charge in [0.1, 0.15) is 29.0 Å². The van der Waals surface area contributed by atoms with E-state index in [0.29, 0.717) is 47.3 Å². The van der Waals surface area contributed by atoms with Gasteiger partial charge in [0.15, 0.2) is 11.5 Å². The number of carbonyl (C=O) groups is 1. The van der Waals surface area contributed by atoms with Gasteiger partial charge in [-0.1, -0.05) is 24.3 Å². The second-order valence-corrected chi connectivity index (χ2v) is 9.04. The van der Waals surface area contributed by atoms with Gasteiger partial charge in [0.25, 0.3) is 0 Å². The number of para-hydroxylation sites is 1. The number of carbonyl (C=O) groups excluding carboxylic acids is 1. The normalized spacial score (nSPS) is 15.5. The molecule has 5 rings (SSSR count). The Bertz CT molecular complexity index is 1370. The molecule has 1 atom stereocenters. The molecule has 0 saturated carbocycles. The molecule has 190 valence electrons. The fourth-order valence-corrected chi connectivity index (χ4v) is 4.07. The van der Waals surface area contributed by atoms with E-state index in [1.165, 1.54) is 6.33 Å². The number of nitrogens with zero attached hydrogens (tertiary/aromatic N) is 5. The van der Waals surface area contributed by atoms with Crippen LogP contribution in [0, 0.1) is 0 Å². The van der Waals surface area contributed by atoms with E-state index in [-0.39, 0.29) is 11.9 Å². The van der Waals surface area contributed by atoms with Crippen LogP contribution in [0.25, 0.3) is 11.0 Å². The van der Waals surface area contributed by atoms with Gasteiger partial charge in [0, 0.05) is 31.8 Å². The van der Waals surface area contributed by atoms with Crippen LogP contribution in [-0.4, -0.2) is 75.6 Å². The summed E-state index contributed by atoms with van der Waals surface area (Å²) >= 11 is 0. The highest BCUT2D eigenvalue weighted by Crippen LogP contribution is 2.33. The number of benzene rings is 2. The average Bonchev–Trinajstić information content (AvgIpc) is 3.54. The highest BCUT2D eigenvalue weighted by molar-refractivity contribution is 5.92. The number of aromatic nitrogens is 4. The zero-order valence-corrected chi connectivity index (χ0v) is 20.8. The van der Waals surface area contributed by atoms with Gasteiger partial charge in [-0.3, -0.25) is 9.89 Å². The van der Waals surface area contributed by atoms with E-state index < -0.39 is 0 Å². The topological polar surface area (TPSA) is 109 Å². The monoisotopic (exact) mass is 499 g/mol. The minimum atomic E-state index is 0.0186. The van der Waals surface area contributed by atoms with Gasteiger partial charge in [-0.05, 0) is 56.9 Å². The van der Waals surface area contributed by atoms with Crippen LogP contribution in [0.4, 0.5) is 5.82 Å². The van der Waals surface area contributed by atoms with Gasteiger partial charge in [-0.25, -0.2) is 9.97 Å². The molecule has 1 amide bonds. The summed E-state index contributed by atoms with van der Waals surface area (Å²) in [4.78, 5) is 25.0. The van der Waals surface area contributed by atoms with Crippen LogP contribution in [0.2, 0.25) is 0 Å². The second-order valence-electron chi connectivity index (χ2n) is 9.04. The van der Waals surface area contributed by atoms with Gasteiger partial charge in [0.05, 0.1) is 0 Å². The minimum absolute atomic E-state index is 0.0186. The molecule has 0 radical (unpaired) electrons. The SMILES string of the molecule is CN(C)C/C=C/C(=O)N1CC[C@@H](Nc2n[nH]c3ncnc(Oc4ccc(Oc5ccccc5)cc4)c23)C1. The molecular weight excluding hydrogens is 470 g/mol. The molecule has 1 saturated heterocycles. The zero-order chi connectivity index (χ0) is 25.6. The van der Waals surface area contributed by atoms with Crippen LogP contribution in [0.1, 0.15) is 6.42 Å². The molecule has 1 fully saturated rings. The molecule has 1 aliphatic heterocycles. The molecule has 1 aliphatic rings. The summed E-state index contributed by atoms with van der Waals surface area (Å²) in [6.07, 6.45) is 5.77. The Morgan fingerprint density at radius 3 is 2.57 bits per heavy atom. The lowest BCUT2D eigenvalue weighted by Gasteiger charge is -2.16. The number of amides is 1. The molecule has 0 aliphatic carbocycles. The molecule has 10 heteroatoms. The van der Waals surface area contributed by atoms with Gasteiger partial charge < -0.3 is 24.6 Å². The predicted molar refractivity (Wildman–Crippen MR) is 141 cm³/mol. The summed E-state index contributed by atoms with van der Waals surface area (Å²) in [5.74, 6) is 3.07. The van der Waals surface area contributed by atoms with Crippen molar-refractivity contribution >= 4 is 22.8 Å². The third-order valence-corrected chi connectivity index (χ3v) is 5.91. The highest BCUT2D eigenvalue weighted by atomic mass is 16.5. The largest absolute Gasteiger partial charge is 0.457 e. The molecule has 0 unspecified atom stereocenters. The highest BCUT2D eigenvalue weighted by Gasteiger charge is 2.27. The number of nitrogens with one attached hydrogen (secondary N) is 2. The van der Waals surface area contributed by atoms with Crippen molar-refractivity contribution in [2.45, 2.75) is 12.5 Å². The molecule has 2 N–H and O–H groups in total. The maximum Gasteiger partial charge on any atom is 0.246 e. The van der Waals surface area contributed by atoms with Crippen molar-refractivity contribution in [2.75, 3.05) is 39.0 Å². The van der Waals surface area contributed by atoms with Crippen LogP contribution in [0.5, 0.6) is 23.1 Å². The van der Waals surface area contributed by atoms with Crippen LogP contribution in [0.3, 0.4) is 0 Å². The van der Waals surface area contributed by atoms with E-state index >= 15 is 0 Å². The van der Waals surface area contributed by atoms with Crippen molar-refractivity contribution in [1.29, 1.82) is 0 Å². The number of likely N-dealkylation sites (N-methyl/N-ethyl adjacent to an activating group) is 1. The summed E-state index contributed by atoms with van der Waals surface area (Å²) in [6, 6.07) is 17.0. The molecular formula is C27H29N7O3. The smallest absolute Gasteiger partial charge is 0.246 e. The lowest BCUT2D eigenvalue weighted by molar-refractivity contribution is -0.125. The molecule has 10 nitrogen and oxygen atoms in total. The van der Waals surface area contributed by atoms with E-state index in [1.807, 2.05) is 84.6 Å². The maximum absolute atomic E-state index is 12.5. The molecule has 0 spiro atoms. The van der Waals surface area contributed by atoms with Crippen LogP contribution < -0.4 is 14.8 Å². The van der Waals surface area contributed by atoms with Crippen LogP contribution >= 0.6 is 0 Å². The fourth-order valence-electron chi connectivity index (χ4n) is 4.07. The summed E-state index contributed by atoms with van der Waals surface area (Å²) < 4.78 is 12.0. The molecule has 0 bridgehead atoms. The number of hydrogen-bond acceptors (Lipinski definition) is 8. The summed E-state index contributed by atoms with van der Waals surface area (Å²) in [7, 11) is 3.94. The average molecular weight is 500 g/mol.